The molecule has 0 saturated carbocycles. The molecule has 0 saturated heterocycles. The smallest absolute Gasteiger partial charge is 0.320 e. The van der Waals surface area contributed by atoms with Gasteiger partial charge in [0, 0.05) is 22.7 Å². The van der Waals surface area contributed by atoms with Crippen LogP contribution in [-0.4, -0.2) is 9.97 Å². The summed E-state index contributed by atoms with van der Waals surface area (Å²) >= 11 is 1.60. The van der Waals surface area contributed by atoms with Gasteiger partial charge in [0.15, 0.2) is 0 Å². The number of thiophene rings is 1. The van der Waals surface area contributed by atoms with Crippen molar-refractivity contribution >= 4 is 16.3 Å². The number of rotatable bonds is 2. The van der Waals surface area contributed by atoms with E-state index in [1.165, 1.54) is 29.0 Å². The molecule has 1 aromatic heterocycles. The number of benzene rings is 2. The van der Waals surface area contributed by atoms with Gasteiger partial charge in [0.25, 0.3) is 5.43 Å². The first-order valence-corrected chi connectivity index (χ1v) is 9.43. The van der Waals surface area contributed by atoms with Crippen LogP contribution in [0.3, 0.4) is 0 Å². The van der Waals surface area contributed by atoms with Crippen LogP contribution in [0.4, 0.5) is 5.00 Å². The second-order valence-corrected chi connectivity index (χ2v) is 6.96. The van der Waals surface area contributed by atoms with E-state index in [-0.39, 0.29) is 5.69 Å². The van der Waals surface area contributed by atoms with E-state index in [2.05, 4.69) is 51.7 Å². The van der Waals surface area contributed by atoms with E-state index in [0.29, 0.717) is 5.69 Å². The Bertz CT molecular complexity index is 1260. The molecule has 0 aliphatic carbocycles. The molecule has 5 rings (SSSR count). The zero-order valence-electron chi connectivity index (χ0n) is 14.7. The molecule has 0 fully saturated rings. The third-order valence-electron chi connectivity index (χ3n) is 4.28. The maximum Gasteiger partial charge on any atom is 0.320 e. The highest BCUT2D eigenvalue weighted by Gasteiger charge is 2.14. The van der Waals surface area contributed by atoms with Crippen LogP contribution < -0.4 is 16.7 Å². The quantitative estimate of drug-likeness (QED) is 0.467. The molecular formula is C22H15N3O2S. The van der Waals surface area contributed by atoms with Crippen LogP contribution in [0.1, 0.15) is 0 Å². The van der Waals surface area contributed by atoms with Gasteiger partial charge in [-0.15, -0.1) is 11.3 Å². The summed E-state index contributed by atoms with van der Waals surface area (Å²) in [5, 5.41) is 3.01. The van der Waals surface area contributed by atoms with Gasteiger partial charge in [0.1, 0.15) is 5.69 Å². The number of hydrogen-bond acceptors (Lipinski definition) is 6. The Kier molecular flexibility index (Phi) is 4.78. The van der Waals surface area contributed by atoms with E-state index < -0.39 is 11.0 Å². The van der Waals surface area contributed by atoms with Gasteiger partial charge in [-0.2, -0.15) is 0 Å². The lowest BCUT2D eigenvalue weighted by molar-refractivity contribution is 1.30. The van der Waals surface area contributed by atoms with Crippen LogP contribution in [0.2, 0.25) is 0 Å². The Morgan fingerprint density at radius 1 is 0.821 bits per heavy atom. The SMILES string of the molecule is Nc1scc(-c2ccccc2)c1-c1ccccc1.O=c1nc2ccnc-2c1=O. The van der Waals surface area contributed by atoms with Crippen molar-refractivity contribution < 1.29 is 0 Å². The van der Waals surface area contributed by atoms with Gasteiger partial charge < -0.3 is 5.73 Å². The van der Waals surface area contributed by atoms with E-state index in [4.69, 9.17) is 5.73 Å². The van der Waals surface area contributed by atoms with Crippen LogP contribution in [0, 0.1) is 0 Å². The molecule has 0 amide bonds. The average Bonchev–Trinajstić information content (AvgIpc) is 3.41. The van der Waals surface area contributed by atoms with Crippen molar-refractivity contribution in [1.82, 2.24) is 9.97 Å². The molecular weight excluding hydrogens is 370 g/mol. The van der Waals surface area contributed by atoms with Crippen LogP contribution in [0.15, 0.2) is 87.9 Å². The summed E-state index contributed by atoms with van der Waals surface area (Å²) < 4.78 is 0. The Balaban J connectivity index is 0.000000162. The van der Waals surface area contributed by atoms with E-state index >= 15 is 0 Å². The highest BCUT2D eigenvalue weighted by atomic mass is 32.1. The molecule has 0 unspecified atom stereocenters. The number of nitrogens with zero attached hydrogens (tertiary/aromatic N) is 2. The molecule has 3 heterocycles. The van der Waals surface area contributed by atoms with E-state index in [0.717, 1.165) is 10.6 Å². The topological polar surface area (TPSA) is 85.9 Å². The number of hydrogen-bond donors (Lipinski definition) is 1. The predicted octanol–water partition coefficient (Wildman–Crippen LogP) is 3.84. The van der Waals surface area contributed by atoms with Crippen molar-refractivity contribution in [2.45, 2.75) is 0 Å². The van der Waals surface area contributed by atoms with Crippen molar-refractivity contribution in [2.75, 3.05) is 5.73 Å². The first-order valence-electron chi connectivity index (χ1n) is 8.55. The minimum absolute atomic E-state index is 0.185. The summed E-state index contributed by atoms with van der Waals surface area (Å²) in [5.41, 5.74) is 10.2. The number of nitrogens with two attached hydrogens (primary N) is 1. The summed E-state index contributed by atoms with van der Waals surface area (Å²) in [6.07, 6.45) is 1.46. The van der Waals surface area contributed by atoms with Gasteiger partial charge in [-0.05, 0) is 17.2 Å². The number of fused-ring (bicyclic) bond motifs is 1. The van der Waals surface area contributed by atoms with Crippen molar-refractivity contribution in [3.8, 4) is 33.6 Å². The third-order valence-corrected chi connectivity index (χ3v) is 5.09. The van der Waals surface area contributed by atoms with Crippen LogP contribution in [0.5, 0.6) is 0 Å². The lowest BCUT2D eigenvalue weighted by atomic mass is 9.98. The maximum absolute atomic E-state index is 10.8. The average molecular weight is 385 g/mol. The van der Waals surface area contributed by atoms with Crippen molar-refractivity contribution in [1.29, 1.82) is 0 Å². The molecule has 0 atom stereocenters. The zero-order chi connectivity index (χ0) is 19.5. The summed E-state index contributed by atoms with van der Waals surface area (Å²) in [6.45, 7) is 0. The summed E-state index contributed by atoms with van der Waals surface area (Å²) in [4.78, 5) is 28.4. The molecule has 0 spiro atoms. The fraction of sp³-hybridized carbons (Fsp3) is 0. The van der Waals surface area contributed by atoms with Crippen molar-refractivity contribution in [2.24, 2.45) is 0 Å². The molecule has 2 aliphatic heterocycles. The largest absolute Gasteiger partial charge is 0.390 e. The highest BCUT2D eigenvalue weighted by molar-refractivity contribution is 7.15. The van der Waals surface area contributed by atoms with Crippen molar-refractivity contribution in [3.05, 3.63) is 98.9 Å². The Morgan fingerprint density at radius 2 is 1.46 bits per heavy atom. The number of anilines is 1. The normalized spacial score (nSPS) is 10.6. The third kappa shape index (κ3) is 3.33. The van der Waals surface area contributed by atoms with Gasteiger partial charge in [-0.1, -0.05) is 60.7 Å². The second-order valence-electron chi connectivity index (χ2n) is 6.05. The lowest BCUT2D eigenvalue weighted by Gasteiger charge is -2.06. The van der Waals surface area contributed by atoms with E-state index in [1.807, 2.05) is 24.3 Å². The Hall–Kier alpha value is -3.64. The number of aromatic nitrogens is 2. The standard InChI is InChI=1S/C16H13NS.C6H2N2O2/c17-16-15(13-9-5-2-6-10-13)14(11-18-16)12-7-3-1-4-8-12;9-5-4-3(1-2-7-4)8-6(5)10/h1-11H,17H2;1-2H. The van der Waals surface area contributed by atoms with Crippen molar-refractivity contribution in [3.63, 3.8) is 0 Å². The molecule has 0 radical (unpaired) electrons. The molecule has 2 aromatic carbocycles. The molecule has 6 heteroatoms. The molecule has 2 N–H and O–H groups in total. The fourth-order valence-corrected chi connectivity index (χ4v) is 3.80. The summed E-state index contributed by atoms with van der Waals surface area (Å²) in [6, 6.07) is 22.2. The molecule has 28 heavy (non-hydrogen) atoms. The second kappa shape index (κ2) is 7.54. The minimum Gasteiger partial charge on any atom is -0.390 e. The Morgan fingerprint density at radius 3 is 2.11 bits per heavy atom. The predicted molar refractivity (Wildman–Crippen MR) is 113 cm³/mol. The van der Waals surface area contributed by atoms with Gasteiger partial charge in [0.05, 0.1) is 10.7 Å². The highest BCUT2D eigenvalue weighted by Crippen LogP contribution is 2.40. The van der Waals surface area contributed by atoms with Crippen LogP contribution in [-0.2, 0) is 0 Å². The minimum atomic E-state index is -0.710. The van der Waals surface area contributed by atoms with Gasteiger partial charge in [-0.25, -0.2) is 4.98 Å². The molecule has 3 aromatic rings. The first-order chi connectivity index (χ1) is 13.6. The molecule has 0 bridgehead atoms. The zero-order valence-corrected chi connectivity index (χ0v) is 15.5. The summed E-state index contributed by atoms with van der Waals surface area (Å²) in [5.74, 6) is 0. The van der Waals surface area contributed by atoms with E-state index in [1.54, 1.807) is 11.3 Å². The molecule has 2 aliphatic rings. The molecule has 136 valence electrons. The lowest BCUT2D eigenvalue weighted by Crippen LogP contribution is -2.19. The van der Waals surface area contributed by atoms with Gasteiger partial charge >= 0.3 is 5.56 Å². The Labute approximate surface area is 164 Å². The molecule has 5 nitrogen and oxygen atoms in total. The monoisotopic (exact) mass is 385 g/mol. The maximum atomic E-state index is 10.8. The fourth-order valence-electron chi connectivity index (χ4n) is 2.96. The van der Waals surface area contributed by atoms with Crippen LogP contribution >= 0.6 is 11.3 Å². The summed E-state index contributed by atoms with van der Waals surface area (Å²) in [7, 11) is 0. The van der Waals surface area contributed by atoms with Gasteiger partial charge in [-0.3, -0.25) is 14.6 Å². The van der Waals surface area contributed by atoms with Gasteiger partial charge in [0.2, 0.25) is 0 Å². The first kappa shape index (κ1) is 17.8. The van der Waals surface area contributed by atoms with Crippen LogP contribution in [0.25, 0.3) is 33.6 Å². The number of nitrogen functional groups attached to an aromatic ring is 1. The van der Waals surface area contributed by atoms with E-state index in [9.17, 15) is 9.59 Å².